The van der Waals surface area contributed by atoms with Gasteiger partial charge in [0.05, 0.1) is 10.6 Å². The third-order valence-electron chi connectivity index (χ3n) is 5.71. The quantitative estimate of drug-likeness (QED) is 0.473. The zero-order valence-corrected chi connectivity index (χ0v) is 18.0. The van der Waals surface area contributed by atoms with Crippen LogP contribution in [-0.4, -0.2) is 49.1 Å². The first-order valence-corrected chi connectivity index (χ1v) is 11.8. The lowest BCUT2D eigenvalue weighted by atomic mass is 10.0. The number of anilines is 1. The molecule has 0 unspecified atom stereocenters. The smallest absolute Gasteiger partial charge is 0.243 e. The SMILES string of the molecule is O=S(=O)(c1cccc(F)c1)N1CCN(c2ccc(-c3cccc4ccccc34)nn2)CC1. The van der Waals surface area contributed by atoms with Crippen molar-refractivity contribution in [2.45, 2.75) is 4.90 Å². The van der Waals surface area contributed by atoms with Gasteiger partial charge in [0.15, 0.2) is 5.82 Å². The Morgan fingerprint density at radius 3 is 2.28 bits per heavy atom. The van der Waals surface area contributed by atoms with E-state index in [4.69, 9.17) is 0 Å². The first-order valence-electron chi connectivity index (χ1n) is 10.3. The first kappa shape index (κ1) is 20.5. The number of benzene rings is 3. The summed E-state index contributed by atoms with van der Waals surface area (Å²) in [6.07, 6.45) is 0. The van der Waals surface area contributed by atoms with Gasteiger partial charge >= 0.3 is 0 Å². The lowest BCUT2D eigenvalue weighted by molar-refractivity contribution is 0.383. The van der Waals surface area contributed by atoms with Gasteiger partial charge in [0.25, 0.3) is 0 Å². The van der Waals surface area contributed by atoms with E-state index in [2.05, 4.69) is 28.4 Å². The molecule has 0 radical (unpaired) electrons. The highest BCUT2D eigenvalue weighted by molar-refractivity contribution is 7.89. The van der Waals surface area contributed by atoms with Gasteiger partial charge in [-0.2, -0.15) is 4.31 Å². The van der Waals surface area contributed by atoms with Crippen LogP contribution in [-0.2, 0) is 10.0 Å². The van der Waals surface area contributed by atoms with Crippen LogP contribution in [0.3, 0.4) is 0 Å². The van der Waals surface area contributed by atoms with E-state index in [0.717, 1.165) is 28.1 Å². The fourth-order valence-electron chi connectivity index (χ4n) is 4.02. The number of halogens is 1. The third kappa shape index (κ3) is 3.83. The number of nitrogens with zero attached hydrogens (tertiary/aromatic N) is 4. The lowest BCUT2D eigenvalue weighted by Crippen LogP contribution is -2.49. The molecule has 0 saturated carbocycles. The minimum absolute atomic E-state index is 0.0230. The molecule has 3 aromatic carbocycles. The van der Waals surface area contributed by atoms with Crippen LogP contribution >= 0.6 is 0 Å². The second-order valence-electron chi connectivity index (χ2n) is 7.65. The molecule has 1 aliphatic heterocycles. The molecule has 1 aromatic heterocycles. The average molecular weight is 449 g/mol. The van der Waals surface area contributed by atoms with E-state index in [1.54, 1.807) is 0 Å². The molecule has 1 fully saturated rings. The highest BCUT2D eigenvalue weighted by Crippen LogP contribution is 2.28. The summed E-state index contributed by atoms with van der Waals surface area (Å²) in [6, 6.07) is 23.2. The normalized spacial score (nSPS) is 15.2. The Morgan fingerprint density at radius 1 is 0.781 bits per heavy atom. The van der Waals surface area contributed by atoms with Crippen molar-refractivity contribution in [2.75, 3.05) is 31.1 Å². The van der Waals surface area contributed by atoms with E-state index in [-0.39, 0.29) is 4.90 Å². The van der Waals surface area contributed by atoms with Crippen LogP contribution < -0.4 is 4.90 Å². The molecule has 0 atom stereocenters. The Morgan fingerprint density at radius 2 is 1.53 bits per heavy atom. The van der Waals surface area contributed by atoms with E-state index in [1.807, 2.05) is 41.3 Å². The maximum atomic E-state index is 13.5. The topological polar surface area (TPSA) is 66.4 Å². The number of piperazine rings is 1. The van der Waals surface area contributed by atoms with Gasteiger partial charge in [0, 0.05) is 31.7 Å². The maximum absolute atomic E-state index is 13.5. The van der Waals surface area contributed by atoms with Gasteiger partial charge in [-0.3, -0.25) is 0 Å². The van der Waals surface area contributed by atoms with Crippen molar-refractivity contribution >= 4 is 26.6 Å². The van der Waals surface area contributed by atoms with E-state index in [0.29, 0.717) is 32.0 Å². The van der Waals surface area contributed by atoms with Gasteiger partial charge < -0.3 is 4.90 Å². The van der Waals surface area contributed by atoms with Crippen molar-refractivity contribution < 1.29 is 12.8 Å². The van der Waals surface area contributed by atoms with Crippen molar-refractivity contribution in [3.8, 4) is 11.3 Å². The van der Waals surface area contributed by atoms with Crippen molar-refractivity contribution in [3.05, 3.63) is 84.7 Å². The van der Waals surface area contributed by atoms with Crippen LogP contribution in [0.5, 0.6) is 0 Å². The van der Waals surface area contributed by atoms with Crippen LogP contribution in [0.25, 0.3) is 22.0 Å². The first-order chi connectivity index (χ1) is 15.5. The van der Waals surface area contributed by atoms with E-state index in [1.165, 1.54) is 22.5 Å². The van der Waals surface area contributed by atoms with Crippen molar-refractivity contribution in [3.63, 3.8) is 0 Å². The highest BCUT2D eigenvalue weighted by Gasteiger charge is 2.29. The number of hydrogen-bond acceptors (Lipinski definition) is 5. The Hall–Kier alpha value is -3.36. The fraction of sp³-hybridized carbons (Fsp3) is 0.167. The summed E-state index contributed by atoms with van der Waals surface area (Å²) in [6.45, 7) is 1.56. The van der Waals surface area contributed by atoms with Gasteiger partial charge in [0.2, 0.25) is 10.0 Å². The van der Waals surface area contributed by atoms with Crippen LogP contribution in [0.15, 0.2) is 83.8 Å². The lowest BCUT2D eigenvalue weighted by Gasteiger charge is -2.34. The molecule has 32 heavy (non-hydrogen) atoms. The molecule has 1 aliphatic rings. The summed E-state index contributed by atoms with van der Waals surface area (Å²) >= 11 is 0. The van der Waals surface area contributed by atoms with E-state index < -0.39 is 15.8 Å². The van der Waals surface area contributed by atoms with Crippen LogP contribution in [0, 0.1) is 5.82 Å². The second-order valence-corrected chi connectivity index (χ2v) is 9.59. The largest absolute Gasteiger partial charge is 0.352 e. The molecule has 162 valence electrons. The number of aromatic nitrogens is 2. The molecule has 0 spiro atoms. The summed E-state index contributed by atoms with van der Waals surface area (Å²) < 4.78 is 40.5. The number of sulfonamides is 1. The molecular formula is C24H21FN4O2S. The summed E-state index contributed by atoms with van der Waals surface area (Å²) in [5, 5.41) is 11.1. The Labute approximate surface area is 186 Å². The Balaban J connectivity index is 1.31. The minimum Gasteiger partial charge on any atom is -0.352 e. The summed E-state index contributed by atoms with van der Waals surface area (Å²) in [7, 11) is -3.72. The highest BCUT2D eigenvalue weighted by atomic mass is 32.2. The third-order valence-corrected chi connectivity index (χ3v) is 7.61. The summed E-state index contributed by atoms with van der Waals surface area (Å²) in [5.74, 6) is 0.142. The molecule has 0 amide bonds. The molecule has 5 rings (SSSR count). The maximum Gasteiger partial charge on any atom is 0.243 e. The van der Waals surface area contributed by atoms with Crippen molar-refractivity contribution in [2.24, 2.45) is 0 Å². The van der Waals surface area contributed by atoms with Gasteiger partial charge in [-0.15, -0.1) is 10.2 Å². The standard InChI is InChI=1S/C24H21FN4O2S/c25-19-7-4-8-20(17-19)32(30,31)29-15-13-28(14-16-29)24-12-11-23(26-27-24)22-10-3-6-18-5-1-2-9-21(18)22/h1-12,17H,13-16H2. The zero-order chi connectivity index (χ0) is 22.1. The molecule has 0 N–H and O–H groups in total. The Kier molecular flexibility index (Phi) is 5.32. The van der Waals surface area contributed by atoms with E-state index >= 15 is 0 Å². The molecule has 4 aromatic rings. The van der Waals surface area contributed by atoms with Gasteiger partial charge in [0.1, 0.15) is 5.82 Å². The molecular weight excluding hydrogens is 427 g/mol. The van der Waals surface area contributed by atoms with Crippen LogP contribution in [0.2, 0.25) is 0 Å². The molecule has 0 aliphatic carbocycles. The van der Waals surface area contributed by atoms with Gasteiger partial charge in [-0.05, 0) is 41.1 Å². The Bertz CT molecular complexity index is 1360. The van der Waals surface area contributed by atoms with Crippen LogP contribution in [0.4, 0.5) is 10.2 Å². The van der Waals surface area contributed by atoms with Crippen LogP contribution in [0.1, 0.15) is 0 Å². The average Bonchev–Trinajstić information content (AvgIpc) is 2.84. The van der Waals surface area contributed by atoms with Crippen molar-refractivity contribution in [1.82, 2.24) is 14.5 Å². The monoisotopic (exact) mass is 448 g/mol. The minimum atomic E-state index is -3.72. The summed E-state index contributed by atoms with van der Waals surface area (Å²) in [4.78, 5) is 1.99. The molecule has 0 bridgehead atoms. The fourth-order valence-corrected chi connectivity index (χ4v) is 5.47. The predicted octanol–water partition coefficient (Wildman–Crippen LogP) is 3.95. The van der Waals surface area contributed by atoms with Gasteiger partial charge in [-0.1, -0.05) is 48.5 Å². The molecule has 1 saturated heterocycles. The molecule has 8 heteroatoms. The second kappa shape index (κ2) is 8.29. The van der Waals surface area contributed by atoms with Gasteiger partial charge in [-0.25, -0.2) is 12.8 Å². The number of hydrogen-bond donors (Lipinski definition) is 0. The molecule has 6 nitrogen and oxygen atoms in total. The number of rotatable bonds is 4. The molecule has 2 heterocycles. The zero-order valence-electron chi connectivity index (χ0n) is 17.2. The van der Waals surface area contributed by atoms with E-state index in [9.17, 15) is 12.8 Å². The number of fused-ring (bicyclic) bond motifs is 1. The predicted molar refractivity (Wildman–Crippen MR) is 122 cm³/mol. The van der Waals surface area contributed by atoms with Crippen molar-refractivity contribution in [1.29, 1.82) is 0 Å². The summed E-state index contributed by atoms with van der Waals surface area (Å²) in [5.41, 5.74) is 1.81.